The third-order valence-electron chi connectivity index (χ3n) is 3.14. The summed E-state index contributed by atoms with van der Waals surface area (Å²) in [6, 6.07) is 0. The Hall–Kier alpha value is -0.120. The Bertz CT molecular complexity index is 327. The second-order valence-electron chi connectivity index (χ2n) is 4.56. The summed E-state index contributed by atoms with van der Waals surface area (Å²) >= 11 is 7.49. The average molecular weight is 259 g/mol. The van der Waals surface area contributed by atoms with E-state index >= 15 is 0 Å². The highest BCUT2D eigenvalue weighted by atomic mass is 35.5. The highest BCUT2D eigenvalue weighted by Crippen LogP contribution is 2.27. The molecule has 0 bridgehead atoms. The quantitative estimate of drug-likeness (QED) is 0.772. The van der Waals surface area contributed by atoms with E-state index in [9.17, 15) is 0 Å². The van der Waals surface area contributed by atoms with Crippen molar-refractivity contribution in [3.8, 4) is 0 Å². The summed E-state index contributed by atoms with van der Waals surface area (Å²) in [6.07, 6.45) is 4.68. The first-order chi connectivity index (χ1) is 7.79. The van der Waals surface area contributed by atoms with Gasteiger partial charge in [-0.25, -0.2) is 4.98 Å². The molecule has 2 heterocycles. The molecule has 1 unspecified atom stereocenters. The van der Waals surface area contributed by atoms with E-state index in [1.54, 1.807) is 11.3 Å². The van der Waals surface area contributed by atoms with E-state index in [1.165, 1.54) is 36.6 Å². The molecule has 16 heavy (non-hydrogen) atoms. The molecule has 0 N–H and O–H groups in total. The van der Waals surface area contributed by atoms with Crippen molar-refractivity contribution in [2.24, 2.45) is 0 Å². The van der Waals surface area contributed by atoms with Crippen molar-refractivity contribution in [2.45, 2.75) is 31.6 Å². The van der Waals surface area contributed by atoms with Crippen molar-refractivity contribution in [3.63, 3.8) is 0 Å². The Labute approximate surface area is 107 Å². The molecule has 0 saturated carbocycles. The lowest BCUT2D eigenvalue weighted by molar-refractivity contribution is 0.249. The van der Waals surface area contributed by atoms with Crippen LogP contribution in [0, 0.1) is 0 Å². The van der Waals surface area contributed by atoms with E-state index in [-0.39, 0.29) is 0 Å². The van der Waals surface area contributed by atoms with Crippen molar-refractivity contribution in [2.75, 3.05) is 26.0 Å². The molecule has 2 nitrogen and oxygen atoms in total. The average Bonchev–Trinajstić information content (AvgIpc) is 2.75. The lowest BCUT2D eigenvalue weighted by atomic mass is 9.96. The van der Waals surface area contributed by atoms with Crippen LogP contribution in [0.3, 0.4) is 0 Å². The first kappa shape index (κ1) is 12.3. The summed E-state index contributed by atoms with van der Waals surface area (Å²) in [7, 11) is 2.20. The summed E-state index contributed by atoms with van der Waals surface area (Å²) in [5, 5.41) is 3.50. The van der Waals surface area contributed by atoms with Crippen molar-refractivity contribution in [3.05, 3.63) is 16.1 Å². The number of rotatable bonds is 4. The molecule has 1 aromatic rings. The van der Waals surface area contributed by atoms with Crippen LogP contribution in [0.1, 0.15) is 35.9 Å². The number of likely N-dealkylation sites (tertiary alicyclic amines) is 1. The Kier molecular flexibility index (Phi) is 4.62. The first-order valence-corrected chi connectivity index (χ1v) is 7.40. The first-order valence-electron chi connectivity index (χ1n) is 5.98. The Balaban J connectivity index is 1.95. The topological polar surface area (TPSA) is 16.1 Å². The maximum absolute atomic E-state index is 5.70. The zero-order valence-corrected chi connectivity index (χ0v) is 11.4. The molecule has 0 radical (unpaired) electrons. The van der Waals surface area contributed by atoms with E-state index in [2.05, 4.69) is 17.3 Å². The second kappa shape index (κ2) is 5.99. The number of nitrogens with zero attached hydrogens (tertiary/aromatic N) is 2. The molecule has 4 heteroatoms. The summed E-state index contributed by atoms with van der Waals surface area (Å²) in [5.41, 5.74) is 1.31. The number of likely N-dealkylation sites (N-methyl/N-ethyl adjacent to an activating group) is 1. The standard InChI is InChI=1S/C12H19ClN2S/c1-15-7-3-4-10(8-15)11-9-16-12(14-11)5-2-6-13/h9-10H,2-8H2,1H3. The molecule has 1 atom stereocenters. The number of aromatic nitrogens is 1. The van der Waals surface area contributed by atoms with Crippen LogP contribution in [0.25, 0.3) is 0 Å². The van der Waals surface area contributed by atoms with Crippen LogP contribution >= 0.6 is 22.9 Å². The van der Waals surface area contributed by atoms with E-state index in [1.807, 2.05) is 0 Å². The molecule has 1 fully saturated rings. The van der Waals surface area contributed by atoms with Crippen molar-refractivity contribution < 1.29 is 0 Å². The molecule has 0 aromatic carbocycles. The van der Waals surface area contributed by atoms with Gasteiger partial charge in [-0.2, -0.15) is 0 Å². The van der Waals surface area contributed by atoms with Gasteiger partial charge in [-0.15, -0.1) is 22.9 Å². The third-order valence-corrected chi connectivity index (χ3v) is 4.33. The van der Waals surface area contributed by atoms with E-state index < -0.39 is 0 Å². The molecule has 2 rings (SSSR count). The van der Waals surface area contributed by atoms with Gasteiger partial charge in [-0.1, -0.05) is 0 Å². The SMILES string of the molecule is CN1CCCC(c2csc(CCCCl)n2)C1. The van der Waals surface area contributed by atoms with E-state index in [0.717, 1.165) is 18.7 Å². The van der Waals surface area contributed by atoms with Gasteiger partial charge in [0.15, 0.2) is 0 Å². The van der Waals surface area contributed by atoms with Gasteiger partial charge in [0.25, 0.3) is 0 Å². The lowest BCUT2D eigenvalue weighted by Gasteiger charge is -2.28. The molecule has 1 aliphatic heterocycles. The number of piperidine rings is 1. The molecule has 1 aromatic heterocycles. The van der Waals surface area contributed by atoms with Crippen LogP contribution in [-0.4, -0.2) is 35.9 Å². The zero-order valence-electron chi connectivity index (χ0n) is 9.79. The molecule has 0 spiro atoms. The molecular weight excluding hydrogens is 240 g/mol. The molecular formula is C12H19ClN2S. The molecule has 1 saturated heterocycles. The molecule has 0 aliphatic carbocycles. The van der Waals surface area contributed by atoms with Gasteiger partial charge in [-0.3, -0.25) is 0 Å². The number of hydrogen-bond donors (Lipinski definition) is 0. The predicted molar refractivity (Wildman–Crippen MR) is 70.6 cm³/mol. The Morgan fingerprint density at radius 1 is 1.62 bits per heavy atom. The summed E-state index contributed by atoms with van der Waals surface area (Å²) in [4.78, 5) is 7.15. The summed E-state index contributed by atoms with van der Waals surface area (Å²) in [6.45, 7) is 2.40. The minimum absolute atomic E-state index is 0.653. The van der Waals surface area contributed by atoms with Crippen LogP contribution < -0.4 is 0 Å². The van der Waals surface area contributed by atoms with Crippen LogP contribution in [0.2, 0.25) is 0 Å². The molecule has 1 aliphatic rings. The zero-order chi connectivity index (χ0) is 11.4. The van der Waals surface area contributed by atoms with Crippen molar-refractivity contribution in [1.82, 2.24) is 9.88 Å². The summed E-state index contributed by atoms with van der Waals surface area (Å²) < 4.78 is 0. The number of hydrogen-bond acceptors (Lipinski definition) is 3. The van der Waals surface area contributed by atoms with Gasteiger partial charge < -0.3 is 4.90 Å². The van der Waals surface area contributed by atoms with Gasteiger partial charge in [0.2, 0.25) is 0 Å². The maximum Gasteiger partial charge on any atom is 0.0928 e. The maximum atomic E-state index is 5.70. The Morgan fingerprint density at radius 2 is 2.50 bits per heavy atom. The highest BCUT2D eigenvalue weighted by Gasteiger charge is 2.20. The van der Waals surface area contributed by atoms with Crippen LogP contribution in [0.5, 0.6) is 0 Å². The minimum atomic E-state index is 0.653. The largest absolute Gasteiger partial charge is 0.306 e. The normalized spacial score (nSPS) is 22.5. The minimum Gasteiger partial charge on any atom is -0.306 e. The number of alkyl halides is 1. The fraction of sp³-hybridized carbons (Fsp3) is 0.750. The van der Waals surface area contributed by atoms with Gasteiger partial charge in [-0.05, 0) is 32.9 Å². The fourth-order valence-electron chi connectivity index (χ4n) is 2.25. The Morgan fingerprint density at radius 3 is 3.25 bits per heavy atom. The lowest BCUT2D eigenvalue weighted by Crippen LogP contribution is -2.30. The number of halogens is 1. The second-order valence-corrected chi connectivity index (χ2v) is 5.88. The van der Waals surface area contributed by atoms with Crippen LogP contribution in [0.4, 0.5) is 0 Å². The fourth-order valence-corrected chi connectivity index (χ4v) is 3.31. The predicted octanol–water partition coefficient (Wildman–Crippen LogP) is 3.12. The molecule has 90 valence electrons. The van der Waals surface area contributed by atoms with Crippen LogP contribution in [-0.2, 0) is 6.42 Å². The number of thiazole rings is 1. The van der Waals surface area contributed by atoms with E-state index in [4.69, 9.17) is 16.6 Å². The van der Waals surface area contributed by atoms with Gasteiger partial charge in [0.1, 0.15) is 0 Å². The van der Waals surface area contributed by atoms with E-state index in [0.29, 0.717) is 5.92 Å². The van der Waals surface area contributed by atoms with Crippen molar-refractivity contribution in [1.29, 1.82) is 0 Å². The number of aryl methyl sites for hydroxylation is 1. The van der Waals surface area contributed by atoms with Gasteiger partial charge >= 0.3 is 0 Å². The van der Waals surface area contributed by atoms with Crippen LogP contribution in [0.15, 0.2) is 5.38 Å². The van der Waals surface area contributed by atoms with Gasteiger partial charge in [0.05, 0.1) is 10.7 Å². The summed E-state index contributed by atoms with van der Waals surface area (Å²) in [5.74, 6) is 1.39. The monoisotopic (exact) mass is 258 g/mol. The third kappa shape index (κ3) is 3.19. The molecule has 0 amide bonds. The van der Waals surface area contributed by atoms with Crippen molar-refractivity contribution >= 4 is 22.9 Å². The highest BCUT2D eigenvalue weighted by molar-refractivity contribution is 7.09. The smallest absolute Gasteiger partial charge is 0.0928 e. The van der Waals surface area contributed by atoms with Gasteiger partial charge in [0, 0.05) is 30.1 Å².